The molecule has 9 N–H and O–H groups in total. The van der Waals surface area contributed by atoms with Crippen molar-refractivity contribution < 1.29 is 46.0 Å². The lowest BCUT2D eigenvalue weighted by Crippen LogP contribution is -2.41. The molecule has 0 saturated heterocycles. The maximum absolute atomic E-state index is 8.77. The van der Waals surface area contributed by atoms with Gasteiger partial charge in [-0.1, -0.05) is 0 Å². The third-order valence-electron chi connectivity index (χ3n) is 2.50. The smallest absolute Gasteiger partial charge is 0.110 e. The van der Waals surface area contributed by atoms with Crippen LogP contribution in [-0.2, 0) is 0 Å². The minimum atomic E-state index is -1.49. The van der Waals surface area contributed by atoms with Crippen molar-refractivity contribution in [3.8, 4) is 0 Å². The van der Waals surface area contributed by atoms with Gasteiger partial charge in [0.05, 0.1) is 45.1 Å². The molecule has 0 bridgehead atoms. The second-order valence-electron chi connectivity index (χ2n) is 4.12. The van der Waals surface area contributed by atoms with E-state index in [1.165, 1.54) is 0 Å². The largest absolute Gasteiger partial charge is 0.396 e. The van der Waals surface area contributed by atoms with Gasteiger partial charge in [-0.3, -0.25) is 0 Å². The van der Waals surface area contributed by atoms with E-state index in [2.05, 4.69) is 0 Å². The van der Waals surface area contributed by atoms with Gasteiger partial charge in [0.25, 0.3) is 0 Å². The summed E-state index contributed by atoms with van der Waals surface area (Å²) in [7, 11) is 0. The highest BCUT2D eigenvalue weighted by atomic mass is 16.4. The van der Waals surface area contributed by atoms with Gasteiger partial charge in [0.1, 0.15) is 18.3 Å². The molecule has 0 amide bonds. The highest BCUT2D eigenvalue weighted by Gasteiger charge is 2.26. The second kappa shape index (κ2) is 11.5. The Labute approximate surface area is 110 Å². The second-order valence-corrected chi connectivity index (χ2v) is 4.12. The van der Waals surface area contributed by atoms with E-state index >= 15 is 0 Å². The van der Waals surface area contributed by atoms with Crippen molar-refractivity contribution in [1.29, 1.82) is 0 Å². The molecule has 0 fully saturated rings. The van der Waals surface area contributed by atoms with Crippen molar-refractivity contribution >= 4 is 0 Å². The summed E-state index contributed by atoms with van der Waals surface area (Å²) in [5.74, 6) is 0. The van der Waals surface area contributed by atoms with Crippen LogP contribution in [0.2, 0.25) is 0 Å². The first kappa shape index (κ1) is 20.9. The third-order valence-corrected chi connectivity index (χ3v) is 2.50. The molecule has 0 aromatic heterocycles. The molecule has 0 saturated carbocycles. The van der Waals surface area contributed by atoms with Crippen LogP contribution in [0.1, 0.15) is 0 Å². The third kappa shape index (κ3) is 7.72. The van der Waals surface area contributed by atoms with Crippen LogP contribution in [0.4, 0.5) is 0 Å². The van der Waals surface area contributed by atoms with E-state index in [0.717, 1.165) is 0 Å². The Balaban J connectivity index is 0. The molecule has 0 aliphatic carbocycles. The lowest BCUT2D eigenvalue weighted by Gasteiger charge is -2.23. The Hall–Kier alpha value is -0.360. The van der Waals surface area contributed by atoms with Crippen LogP contribution in [0.25, 0.3) is 0 Å². The van der Waals surface area contributed by atoms with Crippen LogP contribution < -0.4 is 0 Å². The Bertz CT molecular complexity index is 170. The molecule has 0 aliphatic rings. The van der Waals surface area contributed by atoms with Crippen molar-refractivity contribution in [3.05, 3.63) is 0 Å². The van der Waals surface area contributed by atoms with Crippen LogP contribution in [0.5, 0.6) is 0 Å². The SMILES string of the molecule is OCC(CO)(CO)CO.OC[C@@H](O)C(O)[C@@H](O)CO. The molecule has 0 aromatic rings. The fourth-order valence-corrected chi connectivity index (χ4v) is 0.772. The number of hydrogen-bond acceptors (Lipinski definition) is 9. The van der Waals surface area contributed by atoms with Crippen molar-refractivity contribution in [1.82, 2.24) is 0 Å². The zero-order chi connectivity index (χ0) is 15.5. The molecule has 0 rings (SSSR count). The molecule has 19 heavy (non-hydrogen) atoms. The van der Waals surface area contributed by atoms with Crippen LogP contribution >= 0.6 is 0 Å². The highest BCUT2D eigenvalue weighted by Crippen LogP contribution is 2.11. The van der Waals surface area contributed by atoms with E-state index in [1.807, 2.05) is 0 Å². The Morgan fingerprint density at radius 3 is 0.947 bits per heavy atom. The fourth-order valence-electron chi connectivity index (χ4n) is 0.772. The number of aliphatic hydroxyl groups excluding tert-OH is 9. The minimum Gasteiger partial charge on any atom is -0.396 e. The summed E-state index contributed by atoms with van der Waals surface area (Å²) in [6.07, 6.45) is -4.29. The van der Waals surface area contributed by atoms with Crippen LogP contribution in [0.3, 0.4) is 0 Å². The normalized spacial score (nSPS) is 16.3. The van der Waals surface area contributed by atoms with Gasteiger partial charge in [-0.15, -0.1) is 0 Å². The quantitative estimate of drug-likeness (QED) is 0.211. The van der Waals surface area contributed by atoms with E-state index in [4.69, 9.17) is 46.0 Å². The monoisotopic (exact) mass is 288 g/mol. The van der Waals surface area contributed by atoms with Crippen LogP contribution in [0.15, 0.2) is 0 Å². The summed E-state index contributed by atoms with van der Waals surface area (Å²) in [4.78, 5) is 0. The average Bonchev–Trinajstić information content (AvgIpc) is 2.48. The van der Waals surface area contributed by atoms with Crippen LogP contribution in [-0.4, -0.2) is 104 Å². The molecule has 9 heteroatoms. The summed E-state index contributed by atoms with van der Waals surface area (Å²) >= 11 is 0. The molecule has 0 radical (unpaired) electrons. The summed E-state index contributed by atoms with van der Waals surface area (Å²) < 4.78 is 0. The van der Waals surface area contributed by atoms with E-state index < -0.39 is 63.4 Å². The van der Waals surface area contributed by atoms with Crippen LogP contribution in [0, 0.1) is 5.41 Å². The Morgan fingerprint density at radius 2 is 0.842 bits per heavy atom. The zero-order valence-electron chi connectivity index (χ0n) is 10.5. The molecule has 3 atom stereocenters. The van der Waals surface area contributed by atoms with Crippen molar-refractivity contribution in [2.45, 2.75) is 18.3 Å². The lowest BCUT2D eigenvalue weighted by molar-refractivity contribution is -0.0900. The molecule has 0 heterocycles. The average molecular weight is 288 g/mol. The first-order valence-corrected chi connectivity index (χ1v) is 5.57. The molecule has 0 spiro atoms. The highest BCUT2D eigenvalue weighted by molar-refractivity contribution is 4.75. The van der Waals surface area contributed by atoms with Crippen molar-refractivity contribution in [2.24, 2.45) is 5.41 Å². The topological polar surface area (TPSA) is 182 Å². The summed E-state index contributed by atoms with van der Waals surface area (Å²) in [5.41, 5.74) is -1.11. The summed E-state index contributed by atoms with van der Waals surface area (Å²) in [6, 6.07) is 0. The predicted octanol–water partition coefficient (Wildman–Crippen LogP) is -5.00. The van der Waals surface area contributed by atoms with Gasteiger partial charge in [-0.05, 0) is 0 Å². The van der Waals surface area contributed by atoms with E-state index in [-0.39, 0.29) is 0 Å². The fraction of sp³-hybridized carbons (Fsp3) is 1.00. The molecule has 0 aliphatic heterocycles. The number of hydrogen-bond donors (Lipinski definition) is 9. The van der Waals surface area contributed by atoms with Gasteiger partial charge in [0.15, 0.2) is 0 Å². The standard InChI is InChI=1S/C5H12O5.C5H12O4/c6-1-3(8)5(10)4(9)2-7;6-1-5(2-7,3-8)4-9/h3-10H,1-2H2;6-9H,1-4H2/t3-,4+,5?;. The van der Waals surface area contributed by atoms with Gasteiger partial charge in [0, 0.05) is 0 Å². The van der Waals surface area contributed by atoms with Gasteiger partial charge in [0.2, 0.25) is 0 Å². The predicted molar refractivity (Wildman–Crippen MR) is 63.0 cm³/mol. The number of rotatable bonds is 8. The van der Waals surface area contributed by atoms with Gasteiger partial charge in [-0.2, -0.15) is 0 Å². The van der Waals surface area contributed by atoms with E-state index in [1.54, 1.807) is 0 Å². The molecular formula is C10H24O9. The first-order chi connectivity index (χ1) is 8.87. The number of aliphatic hydroxyl groups is 9. The lowest BCUT2D eigenvalue weighted by atomic mass is 9.93. The molecule has 118 valence electrons. The van der Waals surface area contributed by atoms with Gasteiger partial charge >= 0.3 is 0 Å². The molecular weight excluding hydrogens is 264 g/mol. The maximum Gasteiger partial charge on any atom is 0.110 e. The molecule has 9 nitrogen and oxygen atoms in total. The summed E-state index contributed by atoms with van der Waals surface area (Å²) in [6.45, 7) is -2.91. The molecule has 1 unspecified atom stereocenters. The molecule has 0 aromatic carbocycles. The van der Waals surface area contributed by atoms with Gasteiger partial charge in [-0.25, -0.2) is 0 Å². The zero-order valence-corrected chi connectivity index (χ0v) is 10.5. The van der Waals surface area contributed by atoms with Gasteiger partial charge < -0.3 is 46.0 Å². The van der Waals surface area contributed by atoms with E-state index in [0.29, 0.717) is 0 Å². The van der Waals surface area contributed by atoms with E-state index in [9.17, 15) is 0 Å². The van der Waals surface area contributed by atoms with Crippen molar-refractivity contribution in [2.75, 3.05) is 39.6 Å². The Morgan fingerprint density at radius 1 is 0.579 bits per heavy atom. The summed E-state index contributed by atoms with van der Waals surface area (Å²) in [5, 5.41) is 76.6. The minimum absolute atomic E-state index is 0.406. The maximum atomic E-state index is 8.77. The van der Waals surface area contributed by atoms with Crippen molar-refractivity contribution in [3.63, 3.8) is 0 Å². The first-order valence-electron chi connectivity index (χ1n) is 5.57. The Kier molecular flexibility index (Phi) is 12.6.